The first kappa shape index (κ1) is 15.0. The van der Waals surface area contributed by atoms with E-state index >= 15 is 0 Å². The van der Waals surface area contributed by atoms with Gasteiger partial charge in [-0.3, -0.25) is 15.1 Å². The normalized spacial score (nSPS) is 10.6. The van der Waals surface area contributed by atoms with Gasteiger partial charge in [-0.2, -0.15) is 5.10 Å². The predicted molar refractivity (Wildman–Crippen MR) is 80.2 cm³/mol. The molecule has 0 unspecified atom stereocenters. The van der Waals surface area contributed by atoms with Crippen LogP contribution in [0, 0.1) is 24.0 Å². The molecule has 7 heteroatoms. The summed E-state index contributed by atoms with van der Waals surface area (Å²) >= 11 is 0. The Morgan fingerprint density at radius 3 is 2.81 bits per heavy atom. The molecule has 2 rings (SSSR count). The highest BCUT2D eigenvalue weighted by atomic mass is 16.6. The van der Waals surface area contributed by atoms with E-state index in [0.29, 0.717) is 24.6 Å². The molecule has 1 N–H and O–H groups in total. The number of pyridine rings is 1. The first-order valence-electron chi connectivity index (χ1n) is 6.89. The molecule has 21 heavy (non-hydrogen) atoms. The number of rotatable bonds is 6. The molecule has 0 radical (unpaired) electrons. The van der Waals surface area contributed by atoms with Gasteiger partial charge in [-0.05, 0) is 37.5 Å². The van der Waals surface area contributed by atoms with Crippen LogP contribution in [0.15, 0.2) is 18.5 Å². The van der Waals surface area contributed by atoms with E-state index in [9.17, 15) is 10.1 Å². The smallest absolute Gasteiger partial charge is 0.333 e. The largest absolute Gasteiger partial charge is 0.360 e. The van der Waals surface area contributed by atoms with Gasteiger partial charge < -0.3 is 5.32 Å². The Bertz CT molecular complexity index is 651. The number of nitrogens with zero attached hydrogens (tertiary/aromatic N) is 4. The second-order valence-electron chi connectivity index (χ2n) is 4.92. The SMILES string of the molecule is CCCn1nc(C)c([N+](=O)[O-])c1NCc1cnccc1C. The van der Waals surface area contributed by atoms with Crippen molar-refractivity contribution >= 4 is 11.5 Å². The first-order valence-corrected chi connectivity index (χ1v) is 6.89. The number of aromatic nitrogens is 3. The van der Waals surface area contributed by atoms with E-state index in [1.807, 2.05) is 19.9 Å². The van der Waals surface area contributed by atoms with Crippen LogP contribution in [0.3, 0.4) is 0 Å². The number of aryl methyl sites for hydroxylation is 3. The second kappa shape index (κ2) is 6.34. The predicted octanol–water partition coefficient (Wildman–Crippen LogP) is 2.83. The van der Waals surface area contributed by atoms with Crippen molar-refractivity contribution in [2.24, 2.45) is 0 Å². The maximum absolute atomic E-state index is 11.2. The highest BCUT2D eigenvalue weighted by Crippen LogP contribution is 2.28. The summed E-state index contributed by atoms with van der Waals surface area (Å²) in [6.07, 6.45) is 4.35. The van der Waals surface area contributed by atoms with Gasteiger partial charge in [0.15, 0.2) is 0 Å². The summed E-state index contributed by atoms with van der Waals surface area (Å²) in [4.78, 5) is 14.9. The van der Waals surface area contributed by atoms with E-state index in [1.165, 1.54) is 0 Å². The fraction of sp³-hybridized carbons (Fsp3) is 0.429. The minimum Gasteiger partial charge on any atom is -0.360 e. The Kier molecular flexibility index (Phi) is 4.52. The third kappa shape index (κ3) is 3.18. The summed E-state index contributed by atoms with van der Waals surface area (Å²) < 4.78 is 1.67. The minimum absolute atomic E-state index is 0.0463. The second-order valence-corrected chi connectivity index (χ2v) is 4.92. The molecule has 0 saturated carbocycles. The molecule has 2 heterocycles. The lowest BCUT2D eigenvalue weighted by atomic mass is 10.1. The molecule has 0 atom stereocenters. The molecule has 7 nitrogen and oxygen atoms in total. The molecule has 0 bridgehead atoms. The molecular weight excluding hydrogens is 270 g/mol. The maximum atomic E-state index is 11.2. The Morgan fingerprint density at radius 1 is 1.43 bits per heavy atom. The number of hydrogen-bond donors (Lipinski definition) is 1. The van der Waals surface area contributed by atoms with E-state index in [0.717, 1.165) is 17.5 Å². The zero-order chi connectivity index (χ0) is 15.4. The lowest BCUT2D eigenvalue weighted by Crippen LogP contribution is -2.10. The van der Waals surface area contributed by atoms with Crippen molar-refractivity contribution in [3.05, 3.63) is 45.4 Å². The molecule has 0 fully saturated rings. The quantitative estimate of drug-likeness (QED) is 0.652. The number of hydrogen-bond acceptors (Lipinski definition) is 5. The summed E-state index contributed by atoms with van der Waals surface area (Å²) in [5.41, 5.74) is 2.58. The van der Waals surface area contributed by atoms with Gasteiger partial charge in [-0.1, -0.05) is 6.92 Å². The van der Waals surface area contributed by atoms with Crippen LogP contribution in [-0.2, 0) is 13.1 Å². The summed E-state index contributed by atoms with van der Waals surface area (Å²) in [5, 5.41) is 18.6. The van der Waals surface area contributed by atoms with E-state index < -0.39 is 0 Å². The van der Waals surface area contributed by atoms with Crippen LogP contribution in [0.4, 0.5) is 11.5 Å². The van der Waals surface area contributed by atoms with Crippen molar-refractivity contribution in [2.75, 3.05) is 5.32 Å². The third-order valence-electron chi connectivity index (χ3n) is 3.31. The Balaban J connectivity index is 2.29. The highest BCUT2D eigenvalue weighted by Gasteiger charge is 2.24. The molecule has 2 aromatic heterocycles. The van der Waals surface area contributed by atoms with Crippen LogP contribution >= 0.6 is 0 Å². The van der Waals surface area contributed by atoms with Crippen LogP contribution in [0.25, 0.3) is 0 Å². The van der Waals surface area contributed by atoms with E-state index in [2.05, 4.69) is 15.4 Å². The van der Waals surface area contributed by atoms with E-state index in [-0.39, 0.29) is 10.6 Å². The van der Waals surface area contributed by atoms with Gasteiger partial charge in [0.2, 0.25) is 5.82 Å². The molecule has 2 aromatic rings. The van der Waals surface area contributed by atoms with E-state index in [1.54, 1.807) is 24.0 Å². The van der Waals surface area contributed by atoms with Crippen LogP contribution in [0.2, 0.25) is 0 Å². The van der Waals surface area contributed by atoms with Crippen LogP contribution < -0.4 is 5.32 Å². The third-order valence-corrected chi connectivity index (χ3v) is 3.31. The summed E-state index contributed by atoms with van der Waals surface area (Å²) in [6.45, 7) is 6.78. The zero-order valence-corrected chi connectivity index (χ0v) is 12.5. The summed E-state index contributed by atoms with van der Waals surface area (Å²) in [6, 6.07) is 1.92. The van der Waals surface area contributed by atoms with Crippen LogP contribution in [0.5, 0.6) is 0 Å². The van der Waals surface area contributed by atoms with E-state index in [4.69, 9.17) is 0 Å². The Hall–Kier alpha value is -2.44. The monoisotopic (exact) mass is 289 g/mol. The number of nitro groups is 1. The van der Waals surface area contributed by atoms with Gasteiger partial charge in [0.25, 0.3) is 0 Å². The van der Waals surface area contributed by atoms with Crippen LogP contribution in [-0.4, -0.2) is 19.7 Å². The summed E-state index contributed by atoms with van der Waals surface area (Å²) in [5.74, 6) is 0.461. The van der Waals surface area contributed by atoms with Gasteiger partial charge in [0.1, 0.15) is 5.69 Å². The molecule has 0 aliphatic carbocycles. The van der Waals surface area contributed by atoms with Crippen molar-refractivity contribution in [3.8, 4) is 0 Å². The zero-order valence-electron chi connectivity index (χ0n) is 12.5. The highest BCUT2D eigenvalue weighted by molar-refractivity contribution is 5.59. The van der Waals surface area contributed by atoms with Gasteiger partial charge in [0, 0.05) is 25.5 Å². The molecule has 0 saturated heterocycles. The van der Waals surface area contributed by atoms with Crippen molar-refractivity contribution in [1.29, 1.82) is 0 Å². The van der Waals surface area contributed by atoms with Gasteiger partial charge in [-0.25, -0.2) is 4.68 Å². The Morgan fingerprint density at radius 2 is 2.19 bits per heavy atom. The molecule has 112 valence electrons. The molecule has 0 aromatic carbocycles. The fourth-order valence-electron chi connectivity index (χ4n) is 2.20. The topological polar surface area (TPSA) is 85.9 Å². The van der Waals surface area contributed by atoms with Crippen molar-refractivity contribution in [2.45, 2.75) is 40.3 Å². The first-order chi connectivity index (χ1) is 10.0. The molecule has 0 amide bonds. The van der Waals surface area contributed by atoms with Crippen molar-refractivity contribution in [3.63, 3.8) is 0 Å². The lowest BCUT2D eigenvalue weighted by Gasteiger charge is -2.10. The lowest BCUT2D eigenvalue weighted by molar-refractivity contribution is -0.384. The Labute approximate surface area is 123 Å². The molecule has 0 spiro atoms. The van der Waals surface area contributed by atoms with Crippen molar-refractivity contribution < 1.29 is 4.92 Å². The molecule has 0 aliphatic heterocycles. The summed E-state index contributed by atoms with van der Waals surface area (Å²) in [7, 11) is 0. The molecule has 0 aliphatic rings. The average molecular weight is 289 g/mol. The molecular formula is C14H19N5O2. The fourth-order valence-corrected chi connectivity index (χ4v) is 2.20. The average Bonchev–Trinajstić information content (AvgIpc) is 2.74. The van der Waals surface area contributed by atoms with Crippen molar-refractivity contribution in [1.82, 2.24) is 14.8 Å². The van der Waals surface area contributed by atoms with Gasteiger partial charge >= 0.3 is 5.69 Å². The standard InChI is InChI=1S/C14H19N5O2/c1-4-7-18-14(13(19(20)21)11(3)17-18)16-9-12-8-15-6-5-10(12)2/h5-6,8,16H,4,7,9H2,1-3H3. The van der Waals surface area contributed by atoms with Gasteiger partial charge in [-0.15, -0.1) is 0 Å². The minimum atomic E-state index is -0.382. The number of nitrogens with one attached hydrogen (secondary N) is 1. The van der Waals surface area contributed by atoms with Crippen LogP contribution in [0.1, 0.15) is 30.2 Å². The maximum Gasteiger partial charge on any atom is 0.333 e. The van der Waals surface area contributed by atoms with Gasteiger partial charge in [0.05, 0.1) is 4.92 Å². The number of anilines is 1.